The highest BCUT2D eigenvalue weighted by Crippen LogP contribution is 2.43. The smallest absolute Gasteiger partial charge is 0.0776 e. The van der Waals surface area contributed by atoms with Crippen molar-refractivity contribution in [2.45, 2.75) is 52.1 Å². The van der Waals surface area contributed by atoms with Gasteiger partial charge in [-0.3, -0.25) is 0 Å². The van der Waals surface area contributed by atoms with Crippen LogP contribution in [0.3, 0.4) is 0 Å². The molecule has 0 aromatic carbocycles. The van der Waals surface area contributed by atoms with E-state index in [1.807, 2.05) is 0 Å². The fourth-order valence-corrected chi connectivity index (χ4v) is 2.29. The highest BCUT2D eigenvalue weighted by atomic mass is 16.3. The van der Waals surface area contributed by atoms with Crippen LogP contribution in [0.1, 0.15) is 46.5 Å². The number of rotatable bonds is 4. The molecule has 0 amide bonds. The fraction of sp³-hybridized carbons (Fsp3) is 1.00. The van der Waals surface area contributed by atoms with Crippen molar-refractivity contribution in [3.63, 3.8) is 0 Å². The predicted molar refractivity (Wildman–Crippen MR) is 55.7 cm³/mol. The Morgan fingerprint density at radius 1 is 1.31 bits per heavy atom. The number of nitrogens with one attached hydrogen (secondary N) is 1. The fourth-order valence-electron chi connectivity index (χ4n) is 2.29. The van der Waals surface area contributed by atoms with E-state index in [1.54, 1.807) is 0 Å². The Balaban J connectivity index is 2.32. The molecule has 13 heavy (non-hydrogen) atoms. The Hall–Kier alpha value is -0.0800. The van der Waals surface area contributed by atoms with Crippen LogP contribution in [-0.2, 0) is 0 Å². The van der Waals surface area contributed by atoms with Gasteiger partial charge in [0.1, 0.15) is 0 Å². The summed E-state index contributed by atoms with van der Waals surface area (Å²) in [6.07, 6.45) is 4.18. The summed E-state index contributed by atoms with van der Waals surface area (Å²) in [6.45, 7) is 8.41. The van der Waals surface area contributed by atoms with Gasteiger partial charge in [-0.1, -0.05) is 20.8 Å². The van der Waals surface area contributed by atoms with Gasteiger partial charge in [-0.2, -0.15) is 0 Å². The van der Waals surface area contributed by atoms with Gasteiger partial charge in [0.25, 0.3) is 0 Å². The van der Waals surface area contributed by atoms with Crippen LogP contribution in [0.25, 0.3) is 0 Å². The number of hydrogen-bond acceptors (Lipinski definition) is 2. The van der Waals surface area contributed by atoms with Crippen molar-refractivity contribution in [1.82, 2.24) is 5.32 Å². The standard InChI is InChI=1S/C11H23NO/c1-4-7-12-9-11(13)6-5-10(2,3)8-11/h12-13H,4-9H2,1-3H3. The van der Waals surface area contributed by atoms with Gasteiger partial charge in [-0.25, -0.2) is 0 Å². The van der Waals surface area contributed by atoms with Crippen molar-refractivity contribution in [2.75, 3.05) is 13.1 Å². The lowest BCUT2D eigenvalue weighted by atomic mass is 9.89. The number of aliphatic hydroxyl groups is 1. The molecule has 0 saturated heterocycles. The molecule has 0 radical (unpaired) electrons. The summed E-state index contributed by atoms with van der Waals surface area (Å²) >= 11 is 0. The van der Waals surface area contributed by atoms with E-state index in [4.69, 9.17) is 0 Å². The third kappa shape index (κ3) is 3.28. The van der Waals surface area contributed by atoms with Crippen LogP contribution < -0.4 is 5.32 Å². The lowest BCUT2D eigenvalue weighted by Gasteiger charge is -2.25. The van der Waals surface area contributed by atoms with Crippen molar-refractivity contribution in [1.29, 1.82) is 0 Å². The summed E-state index contributed by atoms with van der Waals surface area (Å²) in [5.74, 6) is 0. The summed E-state index contributed by atoms with van der Waals surface area (Å²) in [5, 5.41) is 13.5. The van der Waals surface area contributed by atoms with E-state index in [-0.39, 0.29) is 0 Å². The molecule has 1 rings (SSSR count). The van der Waals surface area contributed by atoms with Crippen LogP contribution in [0.15, 0.2) is 0 Å². The Morgan fingerprint density at radius 3 is 2.46 bits per heavy atom. The molecule has 0 aromatic rings. The molecule has 2 nitrogen and oxygen atoms in total. The molecule has 78 valence electrons. The molecule has 2 heteroatoms. The van der Waals surface area contributed by atoms with Crippen LogP contribution in [0.4, 0.5) is 0 Å². The largest absolute Gasteiger partial charge is 0.389 e. The van der Waals surface area contributed by atoms with Crippen LogP contribution in [-0.4, -0.2) is 23.8 Å². The summed E-state index contributed by atoms with van der Waals surface area (Å²) in [7, 11) is 0. The van der Waals surface area contributed by atoms with Crippen molar-refractivity contribution in [3.05, 3.63) is 0 Å². The topological polar surface area (TPSA) is 32.3 Å². The van der Waals surface area contributed by atoms with Gasteiger partial charge < -0.3 is 10.4 Å². The first-order chi connectivity index (χ1) is 5.97. The molecule has 0 aliphatic heterocycles. The van der Waals surface area contributed by atoms with Crippen LogP contribution in [0.5, 0.6) is 0 Å². The third-order valence-electron chi connectivity index (χ3n) is 2.96. The third-order valence-corrected chi connectivity index (χ3v) is 2.96. The quantitative estimate of drug-likeness (QED) is 0.656. The van der Waals surface area contributed by atoms with Gasteiger partial charge in [0.15, 0.2) is 0 Å². The average molecular weight is 185 g/mol. The summed E-state index contributed by atoms with van der Waals surface area (Å²) < 4.78 is 0. The van der Waals surface area contributed by atoms with Gasteiger partial charge in [0.2, 0.25) is 0 Å². The summed E-state index contributed by atoms with van der Waals surface area (Å²) in [4.78, 5) is 0. The van der Waals surface area contributed by atoms with Crippen molar-refractivity contribution in [3.8, 4) is 0 Å². The second-order valence-corrected chi connectivity index (χ2v) is 5.24. The Morgan fingerprint density at radius 2 is 2.00 bits per heavy atom. The monoisotopic (exact) mass is 185 g/mol. The lowest BCUT2D eigenvalue weighted by molar-refractivity contribution is 0.0379. The zero-order valence-corrected chi connectivity index (χ0v) is 9.19. The van der Waals surface area contributed by atoms with Crippen molar-refractivity contribution >= 4 is 0 Å². The SMILES string of the molecule is CCCNCC1(O)CCC(C)(C)C1. The molecular weight excluding hydrogens is 162 g/mol. The molecule has 0 spiro atoms. The Kier molecular flexibility index (Phi) is 3.36. The number of hydrogen-bond donors (Lipinski definition) is 2. The first-order valence-electron chi connectivity index (χ1n) is 5.41. The van der Waals surface area contributed by atoms with Crippen LogP contribution in [0, 0.1) is 5.41 Å². The zero-order chi connectivity index (χ0) is 9.95. The Bertz CT molecular complexity index is 167. The second-order valence-electron chi connectivity index (χ2n) is 5.24. The molecule has 0 heterocycles. The molecule has 1 aliphatic carbocycles. The lowest BCUT2D eigenvalue weighted by Crippen LogP contribution is -2.39. The highest BCUT2D eigenvalue weighted by Gasteiger charge is 2.41. The molecular formula is C11H23NO. The van der Waals surface area contributed by atoms with E-state index < -0.39 is 5.60 Å². The highest BCUT2D eigenvalue weighted by molar-refractivity contribution is 4.94. The maximum atomic E-state index is 10.2. The maximum Gasteiger partial charge on any atom is 0.0776 e. The molecule has 1 saturated carbocycles. The summed E-state index contributed by atoms with van der Waals surface area (Å²) in [5.41, 5.74) is -0.0959. The van der Waals surface area contributed by atoms with E-state index in [2.05, 4.69) is 26.1 Å². The van der Waals surface area contributed by atoms with E-state index >= 15 is 0 Å². The minimum atomic E-state index is -0.432. The minimum absolute atomic E-state index is 0.336. The van der Waals surface area contributed by atoms with Gasteiger partial charge in [-0.05, 0) is 37.6 Å². The predicted octanol–water partition coefficient (Wildman–Crippen LogP) is 1.93. The molecule has 1 atom stereocenters. The first kappa shape index (κ1) is 11.0. The van der Waals surface area contributed by atoms with Gasteiger partial charge in [0.05, 0.1) is 5.60 Å². The van der Waals surface area contributed by atoms with E-state index in [0.29, 0.717) is 5.41 Å². The normalized spacial score (nSPS) is 32.3. The summed E-state index contributed by atoms with van der Waals surface area (Å²) in [6, 6.07) is 0. The van der Waals surface area contributed by atoms with Crippen LogP contribution in [0.2, 0.25) is 0 Å². The molecule has 0 bridgehead atoms. The molecule has 1 aliphatic rings. The van der Waals surface area contributed by atoms with Crippen molar-refractivity contribution < 1.29 is 5.11 Å². The molecule has 1 fully saturated rings. The molecule has 2 N–H and O–H groups in total. The average Bonchev–Trinajstić information content (AvgIpc) is 2.27. The van der Waals surface area contributed by atoms with E-state index in [0.717, 1.165) is 38.8 Å². The second kappa shape index (κ2) is 3.97. The molecule has 1 unspecified atom stereocenters. The van der Waals surface area contributed by atoms with Gasteiger partial charge in [0, 0.05) is 6.54 Å². The van der Waals surface area contributed by atoms with E-state index in [1.165, 1.54) is 0 Å². The van der Waals surface area contributed by atoms with Crippen molar-refractivity contribution in [2.24, 2.45) is 5.41 Å². The zero-order valence-electron chi connectivity index (χ0n) is 9.19. The Labute approximate surface area is 81.7 Å². The van der Waals surface area contributed by atoms with Gasteiger partial charge in [-0.15, -0.1) is 0 Å². The minimum Gasteiger partial charge on any atom is -0.389 e. The van der Waals surface area contributed by atoms with Gasteiger partial charge >= 0.3 is 0 Å². The van der Waals surface area contributed by atoms with Crippen LogP contribution >= 0.6 is 0 Å². The van der Waals surface area contributed by atoms with E-state index in [9.17, 15) is 5.11 Å². The molecule has 0 aromatic heterocycles. The maximum absolute atomic E-state index is 10.2. The first-order valence-corrected chi connectivity index (χ1v) is 5.41.